The Balaban J connectivity index is 2.27. The molecule has 0 N–H and O–H groups in total. The van der Waals surface area contributed by atoms with Gasteiger partial charge in [0, 0.05) is 11.6 Å². The van der Waals surface area contributed by atoms with Crippen molar-refractivity contribution in [3.63, 3.8) is 0 Å². The van der Waals surface area contributed by atoms with Crippen LogP contribution in [0, 0.1) is 0 Å². The Labute approximate surface area is 110 Å². The first kappa shape index (κ1) is 12.7. The van der Waals surface area contributed by atoms with Gasteiger partial charge in [-0.1, -0.05) is 13.0 Å². The minimum atomic E-state index is -0.280. The van der Waals surface area contributed by atoms with Gasteiger partial charge in [0.05, 0.1) is 18.5 Å². The van der Waals surface area contributed by atoms with Crippen molar-refractivity contribution in [1.29, 1.82) is 0 Å². The minimum absolute atomic E-state index is 0.237. The number of carbonyl (C=O) groups is 1. The topological polar surface area (TPSA) is 52.1 Å². The predicted molar refractivity (Wildman–Crippen MR) is 70.4 cm³/mol. The molecule has 0 bridgehead atoms. The summed E-state index contributed by atoms with van der Waals surface area (Å²) in [7, 11) is 1.40. The fourth-order valence-electron chi connectivity index (χ4n) is 1.66. The molecule has 0 aliphatic heterocycles. The standard InChI is InChI=1S/C13H14N2O2S/c1-3-9(13(16)17-2)12-15-11(8-18-12)10-6-4-5-7-14-10/h4-9H,3H2,1-2H3. The maximum absolute atomic E-state index is 11.6. The van der Waals surface area contributed by atoms with Gasteiger partial charge >= 0.3 is 5.97 Å². The lowest BCUT2D eigenvalue weighted by molar-refractivity contribution is -0.142. The highest BCUT2D eigenvalue weighted by molar-refractivity contribution is 7.10. The molecule has 0 saturated heterocycles. The Hall–Kier alpha value is -1.75. The molecule has 0 spiro atoms. The number of hydrogen-bond donors (Lipinski definition) is 0. The van der Waals surface area contributed by atoms with Gasteiger partial charge < -0.3 is 4.74 Å². The minimum Gasteiger partial charge on any atom is -0.468 e. The zero-order valence-electron chi connectivity index (χ0n) is 10.3. The Morgan fingerprint density at radius 1 is 1.44 bits per heavy atom. The van der Waals surface area contributed by atoms with E-state index in [1.165, 1.54) is 18.4 Å². The number of nitrogens with zero attached hydrogens (tertiary/aromatic N) is 2. The van der Waals surface area contributed by atoms with E-state index in [1.807, 2.05) is 30.5 Å². The quantitative estimate of drug-likeness (QED) is 0.795. The van der Waals surface area contributed by atoms with E-state index >= 15 is 0 Å². The number of thiazole rings is 1. The molecule has 0 fully saturated rings. The molecule has 5 heteroatoms. The van der Waals surface area contributed by atoms with Crippen molar-refractivity contribution in [2.45, 2.75) is 19.3 Å². The summed E-state index contributed by atoms with van der Waals surface area (Å²) in [6, 6.07) is 5.68. The Kier molecular flexibility index (Phi) is 4.04. The molecule has 0 aromatic carbocycles. The van der Waals surface area contributed by atoms with Gasteiger partial charge in [-0.05, 0) is 18.6 Å². The predicted octanol–water partition coefficient (Wildman–Crippen LogP) is 2.87. The average Bonchev–Trinajstić information content (AvgIpc) is 2.90. The summed E-state index contributed by atoms with van der Waals surface area (Å²) in [6.45, 7) is 1.95. The number of carbonyl (C=O) groups excluding carboxylic acids is 1. The van der Waals surface area contributed by atoms with Gasteiger partial charge in [-0.15, -0.1) is 11.3 Å². The average molecular weight is 262 g/mol. The molecule has 4 nitrogen and oxygen atoms in total. The number of aromatic nitrogens is 2. The number of esters is 1. The van der Waals surface area contributed by atoms with Crippen molar-refractivity contribution in [3.05, 3.63) is 34.8 Å². The van der Waals surface area contributed by atoms with Crippen molar-refractivity contribution in [2.24, 2.45) is 0 Å². The van der Waals surface area contributed by atoms with Crippen LogP contribution in [0.5, 0.6) is 0 Å². The van der Waals surface area contributed by atoms with Gasteiger partial charge in [0.25, 0.3) is 0 Å². The lowest BCUT2D eigenvalue weighted by Gasteiger charge is -2.08. The third-order valence-corrected chi connectivity index (χ3v) is 3.60. The zero-order valence-corrected chi connectivity index (χ0v) is 11.1. The number of rotatable bonds is 4. The lowest BCUT2D eigenvalue weighted by Crippen LogP contribution is -2.13. The fourth-order valence-corrected chi connectivity index (χ4v) is 2.65. The van der Waals surface area contributed by atoms with E-state index in [4.69, 9.17) is 4.74 Å². The first-order chi connectivity index (χ1) is 8.76. The van der Waals surface area contributed by atoms with Crippen molar-refractivity contribution in [1.82, 2.24) is 9.97 Å². The number of hydrogen-bond acceptors (Lipinski definition) is 5. The molecule has 0 aliphatic rings. The second kappa shape index (κ2) is 5.73. The molecule has 0 radical (unpaired) electrons. The van der Waals surface area contributed by atoms with Crippen molar-refractivity contribution in [3.8, 4) is 11.4 Å². The molecule has 1 atom stereocenters. The molecule has 0 amide bonds. The van der Waals surface area contributed by atoms with E-state index in [2.05, 4.69) is 9.97 Å². The van der Waals surface area contributed by atoms with Crippen molar-refractivity contribution >= 4 is 17.3 Å². The van der Waals surface area contributed by atoms with Crippen molar-refractivity contribution in [2.75, 3.05) is 7.11 Å². The van der Waals surface area contributed by atoms with Crippen LogP contribution in [0.1, 0.15) is 24.3 Å². The van der Waals surface area contributed by atoms with Gasteiger partial charge in [0.15, 0.2) is 0 Å². The number of ether oxygens (including phenoxy) is 1. The molecule has 2 aromatic heterocycles. The van der Waals surface area contributed by atoms with Gasteiger partial charge in [-0.25, -0.2) is 4.98 Å². The summed E-state index contributed by atoms with van der Waals surface area (Å²) >= 11 is 1.47. The van der Waals surface area contributed by atoms with Gasteiger partial charge in [-0.2, -0.15) is 0 Å². The Morgan fingerprint density at radius 2 is 2.28 bits per heavy atom. The molecule has 2 aromatic rings. The summed E-state index contributed by atoms with van der Waals surface area (Å²) in [5.74, 6) is -0.517. The van der Waals surface area contributed by atoms with E-state index in [9.17, 15) is 4.79 Å². The van der Waals surface area contributed by atoms with Crippen LogP contribution >= 0.6 is 11.3 Å². The summed E-state index contributed by atoms with van der Waals surface area (Å²) in [5, 5.41) is 2.70. The largest absolute Gasteiger partial charge is 0.468 e. The monoisotopic (exact) mass is 262 g/mol. The molecule has 0 aliphatic carbocycles. The van der Waals surface area contributed by atoms with Gasteiger partial charge in [0.1, 0.15) is 10.9 Å². The molecule has 94 valence electrons. The highest BCUT2D eigenvalue weighted by Gasteiger charge is 2.23. The zero-order chi connectivity index (χ0) is 13.0. The molecule has 0 saturated carbocycles. The highest BCUT2D eigenvalue weighted by atomic mass is 32.1. The van der Waals surface area contributed by atoms with E-state index < -0.39 is 0 Å². The van der Waals surface area contributed by atoms with Gasteiger partial charge in [-0.3, -0.25) is 9.78 Å². The molecule has 2 heterocycles. The molecule has 18 heavy (non-hydrogen) atoms. The number of methoxy groups -OCH3 is 1. The van der Waals surface area contributed by atoms with Crippen LogP contribution in [0.3, 0.4) is 0 Å². The summed E-state index contributed by atoms with van der Waals surface area (Å²) in [5.41, 5.74) is 1.62. The fraction of sp³-hybridized carbons (Fsp3) is 0.308. The normalized spacial score (nSPS) is 12.1. The summed E-state index contributed by atoms with van der Waals surface area (Å²) in [6.07, 6.45) is 2.41. The van der Waals surface area contributed by atoms with Crippen LogP contribution in [0.4, 0.5) is 0 Å². The maximum Gasteiger partial charge on any atom is 0.315 e. The number of pyridine rings is 1. The SMILES string of the molecule is CCC(C(=O)OC)c1nc(-c2ccccn2)cs1. The van der Waals surface area contributed by atoms with E-state index in [0.717, 1.165) is 16.4 Å². The molecular formula is C13H14N2O2S. The third-order valence-electron chi connectivity index (χ3n) is 2.64. The second-order valence-corrected chi connectivity index (χ2v) is 4.66. The Bertz CT molecular complexity index is 525. The van der Waals surface area contributed by atoms with E-state index in [-0.39, 0.29) is 11.9 Å². The van der Waals surface area contributed by atoms with Crippen LogP contribution in [-0.4, -0.2) is 23.0 Å². The Morgan fingerprint density at radius 3 is 2.89 bits per heavy atom. The molecule has 2 rings (SSSR count). The van der Waals surface area contributed by atoms with Crippen LogP contribution < -0.4 is 0 Å². The van der Waals surface area contributed by atoms with Crippen LogP contribution in [-0.2, 0) is 9.53 Å². The molecular weight excluding hydrogens is 248 g/mol. The van der Waals surface area contributed by atoms with Crippen LogP contribution in [0.15, 0.2) is 29.8 Å². The lowest BCUT2D eigenvalue weighted by atomic mass is 10.1. The summed E-state index contributed by atoms with van der Waals surface area (Å²) in [4.78, 5) is 20.3. The smallest absolute Gasteiger partial charge is 0.315 e. The molecule has 1 unspecified atom stereocenters. The first-order valence-corrected chi connectivity index (χ1v) is 6.59. The summed E-state index contributed by atoms with van der Waals surface area (Å²) < 4.78 is 4.78. The van der Waals surface area contributed by atoms with E-state index in [1.54, 1.807) is 6.20 Å². The van der Waals surface area contributed by atoms with E-state index in [0.29, 0.717) is 6.42 Å². The van der Waals surface area contributed by atoms with Crippen LogP contribution in [0.2, 0.25) is 0 Å². The first-order valence-electron chi connectivity index (χ1n) is 5.71. The van der Waals surface area contributed by atoms with Gasteiger partial charge in [0.2, 0.25) is 0 Å². The second-order valence-electron chi connectivity index (χ2n) is 3.77. The maximum atomic E-state index is 11.6. The van der Waals surface area contributed by atoms with Crippen LogP contribution in [0.25, 0.3) is 11.4 Å². The third kappa shape index (κ3) is 2.56. The highest BCUT2D eigenvalue weighted by Crippen LogP contribution is 2.28. The van der Waals surface area contributed by atoms with Crippen molar-refractivity contribution < 1.29 is 9.53 Å².